The first-order valence-electron chi connectivity index (χ1n) is 5.95. The number of piperazine rings is 1. The smallest absolute Gasteiger partial charge is 0.271 e. The Morgan fingerprint density at radius 2 is 1.94 bits per heavy atom. The molecule has 1 aliphatic heterocycles. The van der Waals surface area contributed by atoms with Crippen molar-refractivity contribution in [1.29, 1.82) is 0 Å². The van der Waals surface area contributed by atoms with E-state index in [9.17, 15) is 4.79 Å². The van der Waals surface area contributed by atoms with Crippen LogP contribution in [-0.2, 0) is 0 Å². The molecule has 0 aliphatic carbocycles. The second-order valence-electron chi connectivity index (χ2n) is 4.29. The van der Waals surface area contributed by atoms with E-state index < -0.39 is 0 Å². The molecule has 1 aliphatic rings. The van der Waals surface area contributed by atoms with Gasteiger partial charge in [0.05, 0.1) is 0 Å². The molecule has 0 spiro atoms. The summed E-state index contributed by atoms with van der Waals surface area (Å²) in [6.07, 6.45) is 0. The highest BCUT2D eigenvalue weighted by molar-refractivity contribution is 5.91. The molecule has 98 valence electrons. The van der Waals surface area contributed by atoms with Gasteiger partial charge in [0.1, 0.15) is 0 Å². The van der Waals surface area contributed by atoms with Crippen LogP contribution < -0.4 is 10.7 Å². The topological polar surface area (TPSA) is 73.4 Å². The maximum atomic E-state index is 11.3. The fourth-order valence-corrected chi connectivity index (χ4v) is 1.72. The fraction of sp³-hybridized carbons (Fsp3) is 0.545. The van der Waals surface area contributed by atoms with Crippen molar-refractivity contribution in [2.24, 2.45) is 0 Å². The van der Waals surface area contributed by atoms with Crippen LogP contribution in [0.15, 0.2) is 12.1 Å². The summed E-state index contributed by atoms with van der Waals surface area (Å²) in [6, 6.07) is 3.42. The Bertz CT molecular complexity index is 398. The summed E-state index contributed by atoms with van der Waals surface area (Å²) in [7, 11) is 3.68. The third-order valence-electron chi connectivity index (χ3n) is 2.90. The molecule has 7 nitrogen and oxygen atoms in total. The predicted octanol–water partition coefficient (Wildman–Crippen LogP) is -0.589. The highest BCUT2D eigenvalue weighted by Gasteiger charge is 2.14. The van der Waals surface area contributed by atoms with Crippen molar-refractivity contribution in [3.8, 4) is 0 Å². The fourth-order valence-electron chi connectivity index (χ4n) is 1.72. The van der Waals surface area contributed by atoms with Crippen LogP contribution >= 0.6 is 0 Å². The molecule has 1 fully saturated rings. The molecular formula is C11H18N6O. The maximum absolute atomic E-state index is 11.3. The monoisotopic (exact) mass is 250 g/mol. The number of hydrogen-bond donors (Lipinski definition) is 2. The van der Waals surface area contributed by atoms with Gasteiger partial charge in [0, 0.05) is 33.2 Å². The zero-order valence-electron chi connectivity index (χ0n) is 10.7. The van der Waals surface area contributed by atoms with Crippen LogP contribution in [0.5, 0.6) is 0 Å². The molecule has 0 aromatic carbocycles. The normalized spacial score (nSPS) is 17.4. The van der Waals surface area contributed by atoms with E-state index >= 15 is 0 Å². The molecule has 1 aromatic heterocycles. The number of aromatic nitrogens is 2. The molecule has 18 heavy (non-hydrogen) atoms. The van der Waals surface area contributed by atoms with Gasteiger partial charge in [0.15, 0.2) is 11.5 Å². The van der Waals surface area contributed by atoms with E-state index in [0.717, 1.165) is 26.2 Å². The number of carbonyl (C=O) groups excluding carboxylic acids is 1. The second kappa shape index (κ2) is 5.74. The third kappa shape index (κ3) is 3.14. The van der Waals surface area contributed by atoms with Crippen LogP contribution in [-0.4, -0.2) is 66.3 Å². The molecule has 0 unspecified atom stereocenters. The minimum atomic E-state index is -0.228. The van der Waals surface area contributed by atoms with Gasteiger partial charge in [-0.1, -0.05) is 0 Å². The first-order chi connectivity index (χ1) is 8.69. The summed E-state index contributed by atoms with van der Waals surface area (Å²) >= 11 is 0. The zero-order valence-corrected chi connectivity index (χ0v) is 10.7. The zero-order chi connectivity index (χ0) is 13.0. The van der Waals surface area contributed by atoms with E-state index in [-0.39, 0.29) is 5.91 Å². The van der Waals surface area contributed by atoms with Crippen LogP contribution in [0.3, 0.4) is 0 Å². The van der Waals surface area contributed by atoms with Gasteiger partial charge in [-0.05, 0) is 19.2 Å². The van der Waals surface area contributed by atoms with Gasteiger partial charge in [-0.15, -0.1) is 10.2 Å². The molecule has 7 heteroatoms. The summed E-state index contributed by atoms with van der Waals surface area (Å²) in [6.45, 7) is 3.93. The largest absolute Gasteiger partial charge is 0.354 e. The molecule has 2 rings (SSSR count). The number of hydrogen-bond acceptors (Lipinski definition) is 6. The average molecular weight is 250 g/mol. The van der Waals surface area contributed by atoms with Crippen LogP contribution in [0.25, 0.3) is 0 Å². The molecule has 0 saturated carbocycles. The second-order valence-corrected chi connectivity index (χ2v) is 4.29. The van der Waals surface area contributed by atoms with Crippen molar-refractivity contribution in [2.75, 3.05) is 45.7 Å². The number of carbonyl (C=O) groups is 1. The Balaban J connectivity index is 1.92. The molecule has 2 N–H and O–H groups in total. The molecule has 0 radical (unpaired) electrons. The molecule has 1 amide bonds. The number of nitrogens with one attached hydrogen (secondary N) is 2. The molecular weight excluding hydrogens is 232 g/mol. The van der Waals surface area contributed by atoms with E-state index in [1.165, 1.54) is 0 Å². The van der Waals surface area contributed by atoms with Gasteiger partial charge >= 0.3 is 0 Å². The van der Waals surface area contributed by atoms with Crippen LogP contribution in [0.2, 0.25) is 0 Å². The van der Waals surface area contributed by atoms with Gasteiger partial charge < -0.3 is 15.6 Å². The molecule has 1 aromatic rings. The van der Waals surface area contributed by atoms with Gasteiger partial charge in [-0.2, -0.15) is 0 Å². The third-order valence-corrected chi connectivity index (χ3v) is 2.90. The van der Waals surface area contributed by atoms with Crippen molar-refractivity contribution in [2.45, 2.75) is 0 Å². The van der Waals surface area contributed by atoms with Gasteiger partial charge in [-0.3, -0.25) is 4.79 Å². The van der Waals surface area contributed by atoms with E-state index in [2.05, 4.69) is 37.9 Å². The molecule has 2 heterocycles. The lowest BCUT2D eigenvalue weighted by molar-refractivity contribution is 0.0957. The van der Waals surface area contributed by atoms with Crippen LogP contribution in [0.1, 0.15) is 10.5 Å². The summed E-state index contributed by atoms with van der Waals surface area (Å²) in [5.41, 5.74) is 3.51. The number of rotatable bonds is 3. The Labute approximate surface area is 106 Å². The Hall–Kier alpha value is -1.73. The minimum Gasteiger partial charge on any atom is -0.354 e. The average Bonchev–Trinajstić information content (AvgIpc) is 2.41. The molecule has 1 saturated heterocycles. The highest BCUT2D eigenvalue weighted by atomic mass is 16.1. The van der Waals surface area contributed by atoms with E-state index in [1.807, 2.05) is 0 Å². The van der Waals surface area contributed by atoms with E-state index in [1.54, 1.807) is 19.2 Å². The minimum absolute atomic E-state index is 0.228. The van der Waals surface area contributed by atoms with Crippen molar-refractivity contribution in [1.82, 2.24) is 25.4 Å². The lowest BCUT2D eigenvalue weighted by atomic mass is 10.3. The van der Waals surface area contributed by atoms with Gasteiger partial charge in [0.25, 0.3) is 5.91 Å². The number of nitrogens with zero attached hydrogens (tertiary/aromatic N) is 4. The van der Waals surface area contributed by atoms with Crippen molar-refractivity contribution >= 4 is 11.7 Å². The predicted molar refractivity (Wildman–Crippen MR) is 68.1 cm³/mol. The highest BCUT2D eigenvalue weighted by Crippen LogP contribution is 2.05. The number of anilines is 1. The summed E-state index contributed by atoms with van der Waals surface area (Å²) in [5, 5.41) is 12.5. The SMILES string of the molecule is CNC(=O)c1ccc(NN2CCN(C)CC2)nn1. The first kappa shape index (κ1) is 12.7. The Kier molecular flexibility index (Phi) is 4.06. The van der Waals surface area contributed by atoms with Crippen molar-refractivity contribution in [3.63, 3.8) is 0 Å². The first-order valence-corrected chi connectivity index (χ1v) is 5.95. The van der Waals surface area contributed by atoms with Crippen LogP contribution in [0, 0.1) is 0 Å². The van der Waals surface area contributed by atoms with Gasteiger partial charge in [-0.25, -0.2) is 5.01 Å². The van der Waals surface area contributed by atoms with E-state index in [0.29, 0.717) is 11.5 Å². The lowest BCUT2D eigenvalue weighted by Gasteiger charge is -2.32. The number of amides is 1. The van der Waals surface area contributed by atoms with Crippen LogP contribution in [0.4, 0.5) is 5.82 Å². The number of hydrazine groups is 1. The summed E-state index contributed by atoms with van der Waals surface area (Å²) < 4.78 is 0. The lowest BCUT2D eigenvalue weighted by Crippen LogP contribution is -2.47. The molecule has 0 atom stereocenters. The Morgan fingerprint density at radius 1 is 1.22 bits per heavy atom. The van der Waals surface area contributed by atoms with E-state index in [4.69, 9.17) is 0 Å². The Morgan fingerprint density at radius 3 is 2.50 bits per heavy atom. The summed E-state index contributed by atoms with van der Waals surface area (Å²) in [4.78, 5) is 13.6. The quantitative estimate of drug-likeness (QED) is 0.747. The van der Waals surface area contributed by atoms with Crippen molar-refractivity contribution in [3.05, 3.63) is 17.8 Å². The standard InChI is InChI=1S/C11H18N6O/c1-12-11(18)9-3-4-10(14-13-9)15-17-7-5-16(2)6-8-17/h3-4H,5-8H2,1-2H3,(H,12,18)(H,14,15). The summed E-state index contributed by atoms with van der Waals surface area (Å²) in [5.74, 6) is 0.431. The van der Waals surface area contributed by atoms with Crippen molar-refractivity contribution < 1.29 is 4.79 Å². The molecule has 0 bridgehead atoms. The van der Waals surface area contributed by atoms with Gasteiger partial charge in [0.2, 0.25) is 0 Å². The number of likely N-dealkylation sites (N-methyl/N-ethyl adjacent to an activating group) is 1. The maximum Gasteiger partial charge on any atom is 0.271 e.